The summed E-state index contributed by atoms with van der Waals surface area (Å²) in [5.74, 6) is 0.252. The topological polar surface area (TPSA) is 26.0 Å². The van der Waals surface area contributed by atoms with Gasteiger partial charge in [-0.15, -0.1) is 0 Å². The van der Waals surface area contributed by atoms with Crippen LogP contribution in [-0.2, 0) is 0 Å². The number of alkyl halides is 1. The molecule has 2 atom stereocenters. The van der Waals surface area contributed by atoms with Crippen LogP contribution in [0.15, 0.2) is 18.2 Å². The summed E-state index contributed by atoms with van der Waals surface area (Å²) in [5, 5.41) is 0.506. The molecule has 0 fully saturated rings. The van der Waals surface area contributed by atoms with E-state index < -0.39 is 6.17 Å². The van der Waals surface area contributed by atoms with E-state index in [1.165, 1.54) is 6.92 Å². The Morgan fingerprint density at radius 3 is 2.60 bits per heavy atom. The van der Waals surface area contributed by atoms with E-state index in [1.807, 2.05) is 19.1 Å². The highest BCUT2D eigenvalue weighted by atomic mass is 35.5. The molecule has 1 aromatic carbocycles. The molecule has 0 aliphatic heterocycles. The van der Waals surface area contributed by atoms with Crippen molar-refractivity contribution in [3.8, 4) is 0 Å². The van der Waals surface area contributed by atoms with Crippen molar-refractivity contribution in [2.75, 3.05) is 6.54 Å². The predicted molar refractivity (Wildman–Crippen MR) is 63.1 cm³/mol. The molecule has 0 saturated heterocycles. The van der Waals surface area contributed by atoms with E-state index in [1.54, 1.807) is 6.07 Å². The molecule has 0 heterocycles. The van der Waals surface area contributed by atoms with Crippen LogP contribution >= 0.6 is 11.6 Å². The zero-order valence-corrected chi connectivity index (χ0v) is 9.89. The normalized spacial score (nSPS) is 15.0. The first-order valence-electron chi connectivity index (χ1n) is 5.20. The summed E-state index contributed by atoms with van der Waals surface area (Å²) < 4.78 is 13.4. The quantitative estimate of drug-likeness (QED) is 0.835. The third kappa shape index (κ3) is 2.93. The van der Waals surface area contributed by atoms with Crippen molar-refractivity contribution in [3.63, 3.8) is 0 Å². The van der Waals surface area contributed by atoms with Gasteiger partial charge in [0.05, 0.1) is 0 Å². The molecular weight excluding hydrogens is 213 g/mol. The van der Waals surface area contributed by atoms with Crippen molar-refractivity contribution in [2.24, 2.45) is 5.73 Å². The van der Waals surface area contributed by atoms with Gasteiger partial charge >= 0.3 is 0 Å². The van der Waals surface area contributed by atoms with E-state index in [0.717, 1.165) is 12.0 Å². The van der Waals surface area contributed by atoms with Gasteiger partial charge in [-0.1, -0.05) is 30.7 Å². The van der Waals surface area contributed by atoms with E-state index in [0.29, 0.717) is 17.1 Å². The third-order valence-corrected chi connectivity index (χ3v) is 2.94. The molecule has 0 radical (unpaired) electrons. The first-order valence-corrected chi connectivity index (χ1v) is 5.58. The lowest BCUT2D eigenvalue weighted by atomic mass is 9.91. The molecule has 0 saturated carbocycles. The van der Waals surface area contributed by atoms with Gasteiger partial charge in [-0.2, -0.15) is 0 Å². The molecule has 1 aromatic rings. The molecule has 0 amide bonds. The molecule has 2 N–H and O–H groups in total. The Bertz CT molecular complexity index is 325. The van der Waals surface area contributed by atoms with Crippen LogP contribution in [0, 0.1) is 0 Å². The summed E-state index contributed by atoms with van der Waals surface area (Å²) in [5.41, 5.74) is 7.09. The minimum atomic E-state index is -1.03. The molecular formula is C12H17ClFN. The van der Waals surface area contributed by atoms with Gasteiger partial charge in [0.15, 0.2) is 0 Å². The van der Waals surface area contributed by atoms with Crippen molar-refractivity contribution >= 4 is 11.6 Å². The highest BCUT2D eigenvalue weighted by Crippen LogP contribution is 2.34. The van der Waals surface area contributed by atoms with Crippen LogP contribution in [0.25, 0.3) is 0 Å². The first kappa shape index (κ1) is 12.5. The maximum atomic E-state index is 13.4. The molecule has 15 heavy (non-hydrogen) atoms. The number of nitrogens with two attached hydrogens (primary N) is 1. The first-order chi connectivity index (χ1) is 7.07. The van der Waals surface area contributed by atoms with E-state index in [9.17, 15) is 4.39 Å². The Hall–Kier alpha value is -0.600. The molecule has 3 heteroatoms. The minimum Gasteiger partial charge on any atom is -0.330 e. The largest absolute Gasteiger partial charge is 0.330 e. The van der Waals surface area contributed by atoms with E-state index in [4.69, 9.17) is 17.3 Å². The average Bonchev–Trinajstić information content (AvgIpc) is 2.17. The summed E-state index contributed by atoms with van der Waals surface area (Å²) >= 11 is 6.00. The van der Waals surface area contributed by atoms with Crippen molar-refractivity contribution in [1.29, 1.82) is 0 Å². The molecule has 2 unspecified atom stereocenters. The standard InChI is InChI=1S/C12H17ClFN/c1-8(6-7-15)10-4-3-5-11(13)12(10)9(2)14/h3-5,8-9H,6-7,15H2,1-2H3. The molecule has 0 aliphatic rings. The SMILES string of the molecule is CC(F)c1c(Cl)cccc1C(C)CCN. The van der Waals surface area contributed by atoms with Gasteiger partial charge in [-0.3, -0.25) is 0 Å². The molecule has 1 nitrogen and oxygen atoms in total. The van der Waals surface area contributed by atoms with Crippen molar-refractivity contribution in [2.45, 2.75) is 32.4 Å². The lowest BCUT2D eigenvalue weighted by Gasteiger charge is -2.17. The Balaban J connectivity index is 3.10. The van der Waals surface area contributed by atoms with E-state index in [2.05, 4.69) is 0 Å². The summed E-state index contributed by atoms with van der Waals surface area (Å²) in [7, 11) is 0. The van der Waals surface area contributed by atoms with Crippen molar-refractivity contribution in [3.05, 3.63) is 34.3 Å². The van der Waals surface area contributed by atoms with Crippen molar-refractivity contribution < 1.29 is 4.39 Å². The fourth-order valence-electron chi connectivity index (χ4n) is 1.81. The second-order valence-corrected chi connectivity index (χ2v) is 4.24. The fraction of sp³-hybridized carbons (Fsp3) is 0.500. The van der Waals surface area contributed by atoms with Gasteiger partial charge in [0.2, 0.25) is 0 Å². The van der Waals surface area contributed by atoms with Crippen LogP contribution in [-0.4, -0.2) is 6.54 Å². The van der Waals surface area contributed by atoms with Gasteiger partial charge in [-0.05, 0) is 37.4 Å². The lowest BCUT2D eigenvalue weighted by molar-refractivity contribution is 0.370. The maximum absolute atomic E-state index is 13.4. The number of rotatable bonds is 4. The Morgan fingerprint density at radius 2 is 2.07 bits per heavy atom. The van der Waals surface area contributed by atoms with Crippen LogP contribution in [0.5, 0.6) is 0 Å². The molecule has 0 aromatic heterocycles. The van der Waals surface area contributed by atoms with Crippen LogP contribution in [0.4, 0.5) is 4.39 Å². The van der Waals surface area contributed by atoms with Gasteiger partial charge < -0.3 is 5.73 Å². The summed E-state index contributed by atoms with van der Waals surface area (Å²) in [6.07, 6.45) is -0.186. The highest BCUT2D eigenvalue weighted by Gasteiger charge is 2.17. The van der Waals surface area contributed by atoms with Gasteiger partial charge in [0.25, 0.3) is 0 Å². The number of hydrogen-bond donors (Lipinski definition) is 1. The summed E-state index contributed by atoms with van der Waals surface area (Å²) in [6.45, 7) is 4.16. The van der Waals surface area contributed by atoms with E-state index >= 15 is 0 Å². The molecule has 0 spiro atoms. The molecule has 84 valence electrons. The second kappa shape index (κ2) is 5.47. The smallest absolute Gasteiger partial charge is 0.124 e. The van der Waals surface area contributed by atoms with Crippen molar-refractivity contribution in [1.82, 2.24) is 0 Å². The van der Waals surface area contributed by atoms with E-state index in [-0.39, 0.29) is 5.92 Å². The molecule has 0 aliphatic carbocycles. The molecule has 0 bridgehead atoms. The van der Waals surface area contributed by atoms with Gasteiger partial charge in [0, 0.05) is 10.6 Å². The Labute approximate surface area is 95.4 Å². The average molecular weight is 230 g/mol. The van der Waals surface area contributed by atoms with Gasteiger partial charge in [0.1, 0.15) is 6.17 Å². The number of halogens is 2. The minimum absolute atomic E-state index is 0.252. The summed E-state index contributed by atoms with van der Waals surface area (Å²) in [6, 6.07) is 5.51. The number of benzene rings is 1. The Kier molecular flexibility index (Phi) is 4.55. The molecule has 1 rings (SSSR count). The second-order valence-electron chi connectivity index (χ2n) is 3.84. The number of hydrogen-bond acceptors (Lipinski definition) is 1. The van der Waals surface area contributed by atoms with Crippen LogP contribution in [0.1, 0.15) is 43.5 Å². The van der Waals surface area contributed by atoms with Gasteiger partial charge in [-0.25, -0.2) is 4.39 Å². The van der Waals surface area contributed by atoms with Crippen LogP contribution in [0.3, 0.4) is 0 Å². The zero-order valence-electron chi connectivity index (χ0n) is 9.13. The Morgan fingerprint density at radius 1 is 1.40 bits per heavy atom. The zero-order chi connectivity index (χ0) is 11.4. The predicted octanol–water partition coefficient (Wildman–Crippen LogP) is 3.82. The fourth-order valence-corrected chi connectivity index (χ4v) is 2.14. The summed E-state index contributed by atoms with van der Waals surface area (Å²) in [4.78, 5) is 0. The van der Waals surface area contributed by atoms with Crippen LogP contribution in [0.2, 0.25) is 5.02 Å². The van der Waals surface area contributed by atoms with Crippen LogP contribution < -0.4 is 5.73 Å². The lowest BCUT2D eigenvalue weighted by Crippen LogP contribution is -2.07. The third-order valence-electron chi connectivity index (χ3n) is 2.62. The maximum Gasteiger partial charge on any atom is 0.124 e. The highest BCUT2D eigenvalue weighted by molar-refractivity contribution is 6.31. The monoisotopic (exact) mass is 229 g/mol.